The number of morpholine rings is 1. The van der Waals surface area contributed by atoms with Crippen molar-refractivity contribution >= 4 is 23.7 Å². The molecule has 0 bridgehead atoms. The van der Waals surface area contributed by atoms with Crippen LogP contribution in [0.2, 0.25) is 0 Å². The molecule has 4 heterocycles. The van der Waals surface area contributed by atoms with Crippen LogP contribution in [0, 0.1) is 5.82 Å². The maximum absolute atomic E-state index is 14.0. The van der Waals surface area contributed by atoms with Crippen LogP contribution in [0.4, 0.5) is 14.9 Å². The minimum atomic E-state index is -0.963. The Hall–Kier alpha value is -3.81. The van der Waals surface area contributed by atoms with Crippen LogP contribution in [0.1, 0.15) is 37.6 Å². The zero-order valence-corrected chi connectivity index (χ0v) is 25.4. The van der Waals surface area contributed by atoms with Crippen LogP contribution in [0.15, 0.2) is 30.3 Å². The van der Waals surface area contributed by atoms with Gasteiger partial charge in [0.05, 0.1) is 32.0 Å². The molecule has 1 N–H and O–H groups in total. The van der Waals surface area contributed by atoms with E-state index in [1.165, 1.54) is 24.0 Å². The number of ether oxygens (including phenoxy) is 3. The van der Waals surface area contributed by atoms with Gasteiger partial charge in [-0.15, -0.1) is 0 Å². The zero-order chi connectivity index (χ0) is 31.4. The molecule has 3 atom stereocenters. The first-order valence-corrected chi connectivity index (χ1v) is 15.0. The number of nitrogens with zero attached hydrogens (tertiary/aromatic N) is 5. The molecule has 12 nitrogen and oxygen atoms in total. The summed E-state index contributed by atoms with van der Waals surface area (Å²) in [6, 6.07) is 7.69. The van der Waals surface area contributed by atoms with Crippen LogP contribution in [0.25, 0.3) is 0 Å². The van der Waals surface area contributed by atoms with Gasteiger partial charge >= 0.3 is 12.1 Å². The molecule has 1 unspecified atom stereocenters. The highest BCUT2D eigenvalue weighted by Crippen LogP contribution is 2.34. The molecule has 238 valence electrons. The number of rotatable bonds is 8. The Balaban J connectivity index is 1.39. The summed E-state index contributed by atoms with van der Waals surface area (Å²) in [7, 11) is 0. The van der Waals surface area contributed by atoms with Crippen LogP contribution in [0.3, 0.4) is 0 Å². The SMILES string of the molecule is CC(=O)OCc1nc2c(cc1Cc1ccc(F)cc1)N(C(=O)CN1C[C@@H](C)N(C(=O)O)C[C@@H]1CN1CCOCC1C)CCO2. The van der Waals surface area contributed by atoms with Gasteiger partial charge in [-0.1, -0.05) is 12.1 Å². The molecule has 2 fully saturated rings. The van der Waals surface area contributed by atoms with E-state index in [4.69, 9.17) is 14.2 Å². The molecule has 2 aromatic rings. The van der Waals surface area contributed by atoms with E-state index in [1.54, 1.807) is 17.0 Å². The smallest absolute Gasteiger partial charge is 0.407 e. The summed E-state index contributed by atoms with van der Waals surface area (Å²) in [4.78, 5) is 49.7. The van der Waals surface area contributed by atoms with E-state index in [9.17, 15) is 23.9 Å². The molecule has 1 aromatic carbocycles. The van der Waals surface area contributed by atoms with Gasteiger partial charge in [0.2, 0.25) is 11.8 Å². The Labute approximate surface area is 256 Å². The number of anilines is 1. The van der Waals surface area contributed by atoms with E-state index in [0.29, 0.717) is 57.2 Å². The maximum atomic E-state index is 14.0. The lowest BCUT2D eigenvalue weighted by Gasteiger charge is -2.47. The third-order valence-corrected chi connectivity index (χ3v) is 8.49. The molecule has 2 saturated heterocycles. The zero-order valence-electron chi connectivity index (χ0n) is 25.4. The predicted molar refractivity (Wildman–Crippen MR) is 158 cm³/mol. The minimum Gasteiger partial charge on any atom is -0.474 e. The Morgan fingerprint density at radius 1 is 1.07 bits per heavy atom. The Kier molecular flexibility index (Phi) is 9.97. The number of benzene rings is 1. The van der Waals surface area contributed by atoms with Crippen molar-refractivity contribution in [2.75, 3.05) is 64.0 Å². The molecule has 0 spiro atoms. The number of piperazine rings is 1. The van der Waals surface area contributed by atoms with Crippen molar-refractivity contribution < 1.29 is 38.1 Å². The second-order valence-corrected chi connectivity index (χ2v) is 11.7. The molecule has 5 rings (SSSR count). The third-order valence-electron chi connectivity index (χ3n) is 8.49. The van der Waals surface area contributed by atoms with Gasteiger partial charge in [0, 0.05) is 51.2 Å². The van der Waals surface area contributed by atoms with E-state index in [2.05, 4.69) is 21.7 Å². The molecule has 3 aliphatic heterocycles. The second-order valence-electron chi connectivity index (χ2n) is 11.7. The van der Waals surface area contributed by atoms with E-state index in [0.717, 1.165) is 17.7 Å². The normalized spacial score (nSPS) is 22.7. The molecule has 0 saturated carbocycles. The average Bonchev–Trinajstić information content (AvgIpc) is 2.99. The lowest BCUT2D eigenvalue weighted by atomic mass is 10.0. The molecule has 2 amide bonds. The lowest BCUT2D eigenvalue weighted by molar-refractivity contribution is -0.142. The van der Waals surface area contributed by atoms with Crippen molar-refractivity contribution in [3.8, 4) is 5.88 Å². The summed E-state index contributed by atoms with van der Waals surface area (Å²) in [5.74, 6) is -0.666. The highest BCUT2D eigenvalue weighted by atomic mass is 19.1. The standard InChI is InChI=1S/C31H40FN5O7/c1-20-14-35(26(16-37(20)31(40)41)15-34-8-10-42-18-21(34)2)17-29(39)36-9-11-43-30-28(36)13-24(27(33-30)19-44-22(3)38)12-23-4-6-25(32)7-5-23/h4-7,13,20-21,26H,8-12,14-19H2,1-3H3,(H,40,41)/t20-,21?,26+/m1/s1. The van der Waals surface area contributed by atoms with Gasteiger partial charge in [0.1, 0.15) is 24.7 Å². The van der Waals surface area contributed by atoms with Gasteiger partial charge < -0.3 is 29.1 Å². The number of hydrogen-bond acceptors (Lipinski definition) is 9. The summed E-state index contributed by atoms with van der Waals surface area (Å²) < 4.78 is 30.3. The fourth-order valence-electron chi connectivity index (χ4n) is 6.05. The summed E-state index contributed by atoms with van der Waals surface area (Å²) >= 11 is 0. The number of carboxylic acid groups (broad SMARTS) is 1. The van der Waals surface area contributed by atoms with Gasteiger partial charge in [-0.05, 0) is 49.6 Å². The van der Waals surface area contributed by atoms with Gasteiger partial charge in [-0.2, -0.15) is 0 Å². The molecular formula is C31H40FN5O7. The van der Waals surface area contributed by atoms with Crippen LogP contribution in [-0.4, -0.2) is 120 Å². The first kappa shape index (κ1) is 31.6. The number of pyridine rings is 1. The highest BCUT2D eigenvalue weighted by molar-refractivity contribution is 5.96. The molecule has 0 aliphatic carbocycles. The predicted octanol–water partition coefficient (Wildman–Crippen LogP) is 2.37. The van der Waals surface area contributed by atoms with Gasteiger partial charge in [-0.3, -0.25) is 19.4 Å². The van der Waals surface area contributed by atoms with E-state index < -0.39 is 12.1 Å². The summed E-state index contributed by atoms with van der Waals surface area (Å²) in [6.07, 6.45) is -0.580. The minimum absolute atomic E-state index is 0.0656. The van der Waals surface area contributed by atoms with Crippen molar-refractivity contribution in [3.63, 3.8) is 0 Å². The fraction of sp³-hybridized carbons (Fsp3) is 0.548. The summed E-state index contributed by atoms with van der Waals surface area (Å²) in [5, 5.41) is 9.83. The third kappa shape index (κ3) is 7.45. The number of amides is 2. The van der Waals surface area contributed by atoms with Gasteiger partial charge in [-0.25, -0.2) is 14.2 Å². The molecular weight excluding hydrogens is 573 g/mol. The topological polar surface area (TPSA) is 125 Å². The van der Waals surface area contributed by atoms with Crippen LogP contribution in [-0.2, 0) is 32.1 Å². The highest BCUT2D eigenvalue weighted by Gasteiger charge is 2.38. The van der Waals surface area contributed by atoms with E-state index in [-0.39, 0.29) is 55.5 Å². The van der Waals surface area contributed by atoms with Crippen molar-refractivity contribution in [1.29, 1.82) is 0 Å². The summed E-state index contributed by atoms with van der Waals surface area (Å²) in [6.45, 7) is 9.20. The Bertz CT molecular complexity index is 1360. The number of hydrogen-bond donors (Lipinski definition) is 1. The summed E-state index contributed by atoms with van der Waals surface area (Å²) in [5.41, 5.74) is 2.57. The molecule has 44 heavy (non-hydrogen) atoms. The number of fused-ring (bicyclic) bond motifs is 1. The van der Waals surface area contributed by atoms with Crippen molar-refractivity contribution in [1.82, 2.24) is 19.7 Å². The molecule has 3 aliphatic rings. The molecule has 1 aromatic heterocycles. The monoisotopic (exact) mass is 613 g/mol. The number of esters is 1. The Morgan fingerprint density at radius 3 is 2.55 bits per heavy atom. The Morgan fingerprint density at radius 2 is 1.84 bits per heavy atom. The van der Waals surface area contributed by atoms with Crippen molar-refractivity contribution in [3.05, 3.63) is 53.0 Å². The first-order chi connectivity index (χ1) is 21.1. The second kappa shape index (κ2) is 13.9. The number of carbonyl (C=O) groups excluding carboxylic acids is 2. The largest absolute Gasteiger partial charge is 0.474 e. The maximum Gasteiger partial charge on any atom is 0.407 e. The van der Waals surface area contributed by atoms with Crippen LogP contribution in [0.5, 0.6) is 5.88 Å². The van der Waals surface area contributed by atoms with Crippen molar-refractivity contribution in [2.45, 2.75) is 51.9 Å². The average molecular weight is 614 g/mol. The number of aromatic nitrogens is 1. The molecule has 13 heteroatoms. The van der Waals surface area contributed by atoms with Gasteiger partial charge in [0.25, 0.3) is 0 Å². The number of halogens is 1. The van der Waals surface area contributed by atoms with E-state index >= 15 is 0 Å². The quantitative estimate of drug-likeness (QED) is 0.444. The number of carbonyl (C=O) groups is 3. The first-order valence-electron chi connectivity index (χ1n) is 15.0. The van der Waals surface area contributed by atoms with Crippen LogP contribution < -0.4 is 9.64 Å². The fourth-order valence-corrected chi connectivity index (χ4v) is 6.05. The van der Waals surface area contributed by atoms with Crippen LogP contribution >= 0.6 is 0 Å². The lowest BCUT2D eigenvalue weighted by Crippen LogP contribution is -2.64. The van der Waals surface area contributed by atoms with E-state index in [1.807, 2.05) is 13.0 Å². The van der Waals surface area contributed by atoms with Gasteiger partial charge in [0.15, 0.2) is 0 Å². The van der Waals surface area contributed by atoms with Crippen molar-refractivity contribution in [2.24, 2.45) is 0 Å². The molecule has 0 radical (unpaired) electrons.